The lowest BCUT2D eigenvalue weighted by atomic mass is 10.1. The van der Waals surface area contributed by atoms with Gasteiger partial charge < -0.3 is 15.2 Å². The van der Waals surface area contributed by atoms with E-state index in [1.54, 1.807) is 0 Å². The van der Waals surface area contributed by atoms with Gasteiger partial charge in [0, 0.05) is 44.6 Å². The van der Waals surface area contributed by atoms with E-state index in [1.165, 1.54) is 25.9 Å². The molecule has 0 spiro atoms. The third-order valence-electron chi connectivity index (χ3n) is 3.05. The molecule has 0 saturated carbocycles. The zero-order chi connectivity index (χ0) is 9.80. The molecule has 0 aliphatic carbocycles. The highest BCUT2D eigenvalue weighted by atomic mass is 15.1. The monoisotopic (exact) mass is 193 g/mol. The molecule has 0 atom stereocenters. The second-order valence-electron chi connectivity index (χ2n) is 3.99. The largest absolute Gasteiger partial charge is 0.351 e. The number of hydrogen-bond donors (Lipinski definition) is 1. The first-order valence-electron chi connectivity index (χ1n) is 5.45. The predicted molar refractivity (Wildman–Crippen MR) is 58.2 cm³/mol. The Bertz CT molecular complexity index is 248. The van der Waals surface area contributed by atoms with Gasteiger partial charge in [-0.1, -0.05) is 0 Å². The van der Waals surface area contributed by atoms with Crippen LogP contribution >= 0.6 is 0 Å². The summed E-state index contributed by atoms with van der Waals surface area (Å²) in [5, 5.41) is 0. The van der Waals surface area contributed by atoms with E-state index in [0.29, 0.717) is 6.04 Å². The predicted octanol–water partition coefficient (Wildman–Crippen LogP) is 1.08. The average Bonchev–Trinajstić information content (AvgIpc) is 2.72. The fourth-order valence-electron chi connectivity index (χ4n) is 2.21. The highest BCUT2D eigenvalue weighted by molar-refractivity contribution is 4.94. The first-order chi connectivity index (χ1) is 6.90. The lowest BCUT2D eigenvalue weighted by molar-refractivity contribution is 0.191. The third-order valence-corrected chi connectivity index (χ3v) is 3.05. The van der Waals surface area contributed by atoms with Crippen molar-refractivity contribution in [2.75, 3.05) is 26.2 Å². The molecule has 3 nitrogen and oxygen atoms in total. The Hall–Kier alpha value is -0.800. The fraction of sp³-hybridized carbons (Fsp3) is 0.636. The van der Waals surface area contributed by atoms with Crippen LogP contribution in [-0.4, -0.2) is 35.6 Å². The zero-order valence-corrected chi connectivity index (χ0v) is 8.60. The second-order valence-corrected chi connectivity index (χ2v) is 3.99. The maximum Gasteiger partial charge on any atom is 0.0355 e. The van der Waals surface area contributed by atoms with Crippen molar-refractivity contribution in [3.8, 4) is 0 Å². The lowest BCUT2D eigenvalue weighted by Gasteiger charge is -2.32. The number of nitrogens with two attached hydrogens (primary N) is 1. The van der Waals surface area contributed by atoms with Crippen molar-refractivity contribution in [2.45, 2.75) is 18.9 Å². The van der Waals surface area contributed by atoms with E-state index in [1.807, 2.05) is 0 Å². The summed E-state index contributed by atoms with van der Waals surface area (Å²) in [6.07, 6.45) is 6.86. The van der Waals surface area contributed by atoms with Crippen molar-refractivity contribution in [3.63, 3.8) is 0 Å². The molecule has 2 N–H and O–H groups in total. The van der Waals surface area contributed by atoms with Crippen LogP contribution < -0.4 is 5.73 Å². The summed E-state index contributed by atoms with van der Waals surface area (Å²) in [4.78, 5) is 2.46. The van der Waals surface area contributed by atoms with Gasteiger partial charge in [-0.25, -0.2) is 0 Å². The minimum atomic E-state index is 0.707. The van der Waals surface area contributed by atoms with Crippen LogP contribution in [0.15, 0.2) is 24.5 Å². The molecule has 1 saturated heterocycles. The van der Waals surface area contributed by atoms with E-state index < -0.39 is 0 Å². The maximum atomic E-state index is 5.54. The molecular weight excluding hydrogens is 174 g/mol. The Kier molecular flexibility index (Phi) is 3.22. The highest BCUT2D eigenvalue weighted by Gasteiger charge is 2.18. The van der Waals surface area contributed by atoms with Gasteiger partial charge in [-0.2, -0.15) is 0 Å². The molecule has 14 heavy (non-hydrogen) atoms. The van der Waals surface area contributed by atoms with Crippen LogP contribution in [-0.2, 0) is 0 Å². The molecule has 0 bridgehead atoms. The van der Waals surface area contributed by atoms with Crippen LogP contribution in [0.5, 0.6) is 0 Å². The summed E-state index contributed by atoms with van der Waals surface area (Å²) in [6.45, 7) is 4.23. The molecule has 0 amide bonds. The Morgan fingerprint density at radius 1 is 1.14 bits per heavy atom. The maximum absolute atomic E-state index is 5.54. The van der Waals surface area contributed by atoms with Gasteiger partial charge in [0.25, 0.3) is 0 Å². The molecule has 1 aromatic rings. The number of likely N-dealkylation sites (tertiary alicyclic amines) is 1. The summed E-state index contributed by atoms with van der Waals surface area (Å²) in [5.74, 6) is 0. The van der Waals surface area contributed by atoms with Crippen LogP contribution in [0.3, 0.4) is 0 Å². The van der Waals surface area contributed by atoms with Crippen molar-refractivity contribution in [1.82, 2.24) is 9.47 Å². The van der Waals surface area contributed by atoms with E-state index in [0.717, 1.165) is 13.1 Å². The average molecular weight is 193 g/mol. The highest BCUT2D eigenvalue weighted by Crippen LogP contribution is 2.21. The normalized spacial score (nSPS) is 20.1. The summed E-state index contributed by atoms with van der Waals surface area (Å²) >= 11 is 0. The lowest BCUT2D eigenvalue weighted by Crippen LogP contribution is -2.37. The molecule has 1 fully saturated rings. The van der Waals surface area contributed by atoms with Gasteiger partial charge in [0.05, 0.1) is 0 Å². The number of piperidine rings is 1. The number of nitrogens with zero attached hydrogens (tertiary/aromatic N) is 2. The SMILES string of the molecule is NCCN1CCC(n2cccc2)CC1. The number of rotatable bonds is 3. The Balaban J connectivity index is 1.84. The molecule has 1 aliphatic heterocycles. The molecule has 0 unspecified atom stereocenters. The molecule has 78 valence electrons. The molecule has 1 aromatic heterocycles. The quantitative estimate of drug-likeness (QED) is 0.779. The fourth-order valence-corrected chi connectivity index (χ4v) is 2.21. The summed E-state index contributed by atoms with van der Waals surface area (Å²) < 4.78 is 2.33. The molecular formula is C11H19N3. The van der Waals surface area contributed by atoms with Crippen LogP contribution in [0.2, 0.25) is 0 Å². The molecule has 1 aliphatic rings. The molecule has 3 heteroatoms. The van der Waals surface area contributed by atoms with Gasteiger partial charge in [0.15, 0.2) is 0 Å². The van der Waals surface area contributed by atoms with Crippen LogP contribution in [0.1, 0.15) is 18.9 Å². The zero-order valence-electron chi connectivity index (χ0n) is 8.60. The summed E-state index contributed by atoms with van der Waals surface area (Å²) in [5.41, 5.74) is 5.54. The standard InChI is InChI=1S/C11H19N3/c12-5-10-13-8-3-11(4-9-13)14-6-1-2-7-14/h1-2,6-7,11H,3-5,8-10,12H2. The Labute approximate surface area is 85.5 Å². The molecule has 2 heterocycles. The van der Waals surface area contributed by atoms with E-state index >= 15 is 0 Å². The van der Waals surface area contributed by atoms with Crippen molar-refractivity contribution in [3.05, 3.63) is 24.5 Å². The van der Waals surface area contributed by atoms with E-state index in [2.05, 4.69) is 34.0 Å². The van der Waals surface area contributed by atoms with Gasteiger partial charge in [-0.3, -0.25) is 0 Å². The van der Waals surface area contributed by atoms with Gasteiger partial charge in [-0.15, -0.1) is 0 Å². The van der Waals surface area contributed by atoms with Gasteiger partial charge in [-0.05, 0) is 25.0 Å². The van der Waals surface area contributed by atoms with Gasteiger partial charge >= 0.3 is 0 Å². The van der Waals surface area contributed by atoms with Crippen LogP contribution in [0.4, 0.5) is 0 Å². The van der Waals surface area contributed by atoms with E-state index in [-0.39, 0.29) is 0 Å². The molecule has 0 aromatic carbocycles. The van der Waals surface area contributed by atoms with Crippen molar-refractivity contribution in [1.29, 1.82) is 0 Å². The van der Waals surface area contributed by atoms with E-state index in [4.69, 9.17) is 5.73 Å². The smallest absolute Gasteiger partial charge is 0.0355 e. The number of hydrogen-bond acceptors (Lipinski definition) is 2. The Morgan fingerprint density at radius 3 is 2.36 bits per heavy atom. The first kappa shape index (κ1) is 9.74. The van der Waals surface area contributed by atoms with Gasteiger partial charge in [0.2, 0.25) is 0 Å². The summed E-state index contributed by atoms with van der Waals surface area (Å²) in [6, 6.07) is 4.91. The second kappa shape index (κ2) is 4.62. The topological polar surface area (TPSA) is 34.2 Å². The van der Waals surface area contributed by atoms with Crippen molar-refractivity contribution < 1.29 is 0 Å². The third kappa shape index (κ3) is 2.16. The molecule has 2 rings (SSSR count). The van der Waals surface area contributed by atoms with E-state index in [9.17, 15) is 0 Å². The van der Waals surface area contributed by atoms with Crippen LogP contribution in [0.25, 0.3) is 0 Å². The Morgan fingerprint density at radius 2 is 1.79 bits per heavy atom. The number of aromatic nitrogens is 1. The first-order valence-corrected chi connectivity index (χ1v) is 5.45. The van der Waals surface area contributed by atoms with Crippen LogP contribution in [0, 0.1) is 0 Å². The molecule has 0 radical (unpaired) electrons. The van der Waals surface area contributed by atoms with Gasteiger partial charge in [0.1, 0.15) is 0 Å². The van der Waals surface area contributed by atoms with Crippen molar-refractivity contribution in [2.24, 2.45) is 5.73 Å². The minimum absolute atomic E-state index is 0.707. The summed E-state index contributed by atoms with van der Waals surface area (Å²) in [7, 11) is 0. The minimum Gasteiger partial charge on any atom is -0.351 e. The van der Waals surface area contributed by atoms with Crippen molar-refractivity contribution >= 4 is 0 Å².